The average molecular weight is 492 g/mol. The molecule has 0 radical (unpaired) electrons. The Labute approximate surface area is 205 Å². The molecule has 11 heteroatoms. The molecule has 2 amide bonds. The van der Waals surface area contributed by atoms with Crippen LogP contribution in [0.3, 0.4) is 0 Å². The van der Waals surface area contributed by atoms with Crippen LogP contribution in [0.15, 0.2) is 64.5 Å². The Morgan fingerprint density at radius 3 is 2.43 bits per heavy atom. The van der Waals surface area contributed by atoms with Gasteiger partial charge in [0.1, 0.15) is 5.82 Å². The van der Waals surface area contributed by atoms with E-state index in [1.54, 1.807) is 24.3 Å². The molecule has 0 aliphatic heterocycles. The largest absolute Gasteiger partial charge is 0.302 e. The second-order valence-electron chi connectivity index (χ2n) is 7.81. The number of aryl methyl sites for hydroxylation is 2. The minimum Gasteiger partial charge on any atom is -0.302 e. The van der Waals surface area contributed by atoms with Crippen LogP contribution in [0.1, 0.15) is 35.2 Å². The molecule has 0 aliphatic carbocycles. The monoisotopic (exact) mass is 491 g/mol. The molecule has 0 fully saturated rings. The first-order valence-electron chi connectivity index (χ1n) is 11.1. The summed E-state index contributed by atoms with van der Waals surface area (Å²) in [5, 5.41) is 13.9. The molecule has 10 nitrogen and oxygen atoms in total. The Morgan fingerprint density at radius 2 is 1.69 bits per heavy atom. The second-order valence-corrected chi connectivity index (χ2v) is 8.76. The fourth-order valence-electron chi connectivity index (χ4n) is 3.53. The zero-order chi connectivity index (χ0) is 24.8. The van der Waals surface area contributed by atoms with E-state index in [1.165, 1.54) is 16.4 Å². The lowest BCUT2D eigenvalue weighted by atomic mass is 10.1. The Kier molecular flexibility index (Phi) is 7.56. The van der Waals surface area contributed by atoms with Crippen LogP contribution in [0.2, 0.25) is 0 Å². The molecular weight excluding hydrogens is 466 g/mol. The lowest BCUT2D eigenvalue weighted by Gasteiger charge is -2.11. The highest BCUT2D eigenvalue weighted by Crippen LogP contribution is 2.18. The van der Waals surface area contributed by atoms with Crippen molar-refractivity contribution in [3.05, 3.63) is 82.0 Å². The fraction of sp³-hybridized carbons (Fsp3) is 0.250. The van der Waals surface area contributed by atoms with Crippen LogP contribution >= 0.6 is 11.8 Å². The van der Waals surface area contributed by atoms with Crippen LogP contribution in [0.25, 0.3) is 10.8 Å². The highest BCUT2D eigenvalue weighted by Gasteiger charge is 2.18. The summed E-state index contributed by atoms with van der Waals surface area (Å²) in [5.41, 5.74) is 5.73. The van der Waals surface area contributed by atoms with Crippen LogP contribution in [0.5, 0.6) is 0 Å². The smallest absolute Gasteiger partial charge is 0.290 e. The number of hydrogen-bond acceptors (Lipinski definition) is 7. The summed E-state index contributed by atoms with van der Waals surface area (Å²) in [6.07, 6.45) is 0.689. The van der Waals surface area contributed by atoms with Gasteiger partial charge in [-0.25, -0.2) is 4.68 Å². The van der Waals surface area contributed by atoms with Crippen LogP contribution in [0.4, 0.5) is 0 Å². The number of aromatic nitrogens is 5. The van der Waals surface area contributed by atoms with Gasteiger partial charge in [0, 0.05) is 11.9 Å². The highest BCUT2D eigenvalue weighted by atomic mass is 32.2. The number of benzene rings is 2. The summed E-state index contributed by atoms with van der Waals surface area (Å²) >= 11 is 1.22. The van der Waals surface area contributed by atoms with Gasteiger partial charge in [0.15, 0.2) is 10.9 Å². The van der Waals surface area contributed by atoms with Crippen molar-refractivity contribution in [2.45, 2.75) is 38.5 Å². The highest BCUT2D eigenvalue weighted by molar-refractivity contribution is 7.99. The zero-order valence-electron chi connectivity index (χ0n) is 19.4. The third-order valence-electron chi connectivity index (χ3n) is 5.25. The number of carbonyl (C=O) groups excluding carboxylic acids is 2. The predicted molar refractivity (Wildman–Crippen MR) is 133 cm³/mol. The molecule has 180 valence electrons. The second kappa shape index (κ2) is 11.0. The maximum absolute atomic E-state index is 12.8. The molecule has 4 rings (SSSR count). The van der Waals surface area contributed by atoms with Crippen LogP contribution in [-0.4, -0.2) is 42.1 Å². The summed E-state index contributed by atoms with van der Waals surface area (Å²) in [6.45, 7) is 4.75. The molecule has 0 saturated heterocycles. The zero-order valence-corrected chi connectivity index (χ0v) is 20.2. The summed E-state index contributed by atoms with van der Waals surface area (Å²) in [5.74, 6) is -0.254. The first kappa shape index (κ1) is 24.1. The van der Waals surface area contributed by atoms with E-state index in [-0.39, 0.29) is 17.0 Å². The number of amides is 2. The Bertz CT molecular complexity index is 1420. The van der Waals surface area contributed by atoms with Gasteiger partial charge in [-0.1, -0.05) is 67.2 Å². The van der Waals surface area contributed by atoms with Gasteiger partial charge >= 0.3 is 0 Å². The number of hydrazine groups is 1. The minimum atomic E-state index is -0.604. The van der Waals surface area contributed by atoms with E-state index in [2.05, 4.69) is 26.1 Å². The van der Waals surface area contributed by atoms with Gasteiger partial charge < -0.3 is 4.57 Å². The van der Waals surface area contributed by atoms with E-state index < -0.39 is 11.8 Å². The summed E-state index contributed by atoms with van der Waals surface area (Å²) in [7, 11) is 0. The summed E-state index contributed by atoms with van der Waals surface area (Å²) in [4.78, 5) is 37.9. The maximum atomic E-state index is 12.8. The number of rotatable bonds is 8. The molecule has 0 spiro atoms. The predicted octanol–water partition coefficient (Wildman–Crippen LogP) is 2.31. The Morgan fingerprint density at radius 1 is 0.971 bits per heavy atom. The number of nitrogens with zero attached hydrogens (tertiary/aromatic N) is 5. The van der Waals surface area contributed by atoms with E-state index in [4.69, 9.17) is 0 Å². The molecule has 0 aliphatic rings. The lowest BCUT2D eigenvalue weighted by molar-refractivity contribution is -0.119. The third kappa shape index (κ3) is 5.57. The lowest BCUT2D eigenvalue weighted by Crippen LogP contribution is -2.43. The fourth-order valence-corrected chi connectivity index (χ4v) is 4.32. The van der Waals surface area contributed by atoms with Crippen molar-refractivity contribution in [2.24, 2.45) is 0 Å². The molecule has 4 aromatic rings. The van der Waals surface area contributed by atoms with Crippen molar-refractivity contribution in [1.29, 1.82) is 0 Å². The van der Waals surface area contributed by atoms with Crippen molar-refractivity contribution in [1.82, 2.24) is 35.4 Å². The average Bonchev–Trinajstić information content (AvgIpc) is 3.22. The molecule has 0 bridgehead atoms. The molecule has 2 heterocycles. The van der Waals surface area contributed by atoms with Crippen LogP contribution in [0, 0.1) is 6.92 Å². The van der Waals surface area contributed by atoms with E-state index in [9.17, 15) is 14.4 Å². The topological polar surface area (TPSA) is 124 Å². The Balaban J connectivity index is 1.41. The quantitative estimate of drug-likeness (QED) is 0.286. The number of hydrogen-bond donors (Lipinski definition) is 2. The van der Waals surface area contributed by atoms with Gasteiger partial charge in [0.05, 0.1) is 17.7 Å². The van der Waals surface area contributed by atoms with E-state index in [0.29, 0.717) is 35.4 Å². The molecule has 35 heavy (non-hydrogen) atoms. The van der Waals surface area contributed by atoms with Crippen LogP contribution in [-0.2, 0) is 17.9 Å². The first-order chi connectivity index (χ1) is 17.0. The molecule has 0 atom stereocenters. The molecule has 2 N–H and O–H groups in total. The van der Waals surface area contributed by atoms with Gasteiger partial charge in [0.25, 0.3) is 11.5 Å². The van der Waals surface area contributed by atoms with E-state index in [1.807, 2.05) is 48.7 Å². The number of carbonyl (C=O) groups is 2. The van der Waals surface area contributed by atoms with E-state index in [0.717, 1.165) is 11.4 Å². The summed E-state index contributed by atoms with van der Waals surface area (Å²) < 4.78 is 3.20. The van der Waals surface area contributed by atoms with Crippen molar-refractivity contribution in [3.63, 3.8) is 0 Å². The normalized spacial score (nSPS) is 10.9. The third-order valence-corrected chi connectivity index (χ3v) is 6.22. The van der Waals surface area contributed by atoms with Crippen molar-refractivity contribution < 1.29 is 9.59 Å². The van der Waals surface area contributed by atoms with Crippen LogP contribution < -0.4 is 16.4 Å². The van der Waals surface area contributed by atoms with Crippen molar-refractivity contribution in [2.75, 3.05) is 5.75 Å². The standard InChI is InChI=1S/C24H25N7O3S/c1-3-13-31-23(34)19-12-8-7-11-18(19)21(29-31)22(33)27-26-20(32)15-35-24-28-25-16(2)30(24)14-17-9-5-4-6-10-17/h4-12H,3,13-15H2,1-2H3,(H,26,32)(H,27,33). The number of nitrogens with one attached hydrogen (secondary N) is 2. The van der Waals surface area contributed by atoms with Gasteiger partial charge in [-0.15, -0.1) is 10.2 Å². The van der Waals surface area contributed by atoms with Crippen molar-refractivity contribution >= 4 is 34.3 Å². The van der Waals surface area contributed by atoms with Gasteiger partial charge in [0.2, 0.25) is 5.91 Å². The molecule has 2 aromatic carbocycles. The maximum Gasteiger partial charge on any atom is 0.290 e. The van der Waals surface area contributed by atoms with Crippen molar-refractivity contribution in [3.8, 4) is 0 Å². The van der Waals surface area contributed by atoms with Gasteiger partial charge in [-0.05, 0) is 25.0 Å². The Hall–Kier alpha value is -3.99. The van der Waals surface area contributed by atoms with Gasteiger partial charge in [-0.3, -0.25) is 25.2 Å². The molecule has 0 unspecified atom stereocenters. The summed E-state index contributed by atoms with van der Waals surface area (Å²) in [6, 6.07) is 16.7. The van der Waals surface area contributed by atoms with E-state index >= 15 is 0 Å². The minimum absolute atomic E-state index is 0.0245. The number of thioether (sulfide) groups is 1. The molecular formula is C24H25N7O3S. The molecule has 2 aromatic heterocycles. The van der Waals surface area contributed by atoms with Gasteiger partial charge in [-0.2, -0.15) is 5.10 Å². The number of fused-ring (bicyclic) bond motifs is 1. The SMILES string of the molecule is CCCn1nc(C(=O)NNC(=O)CSc2nnc(C)n2Cc2ccccc2)c2ccccc2c1=O. The first-order valence-corrected chi connectivity index (χ1v) is 12.1. The molecule has 0 saturated carbocycles.